The average Bonchev–Trinajstić information content (AvgIpc) is 2.95. The molecule has 4 N–H and O–H groups in total. The van der Waals surface area contributed by atoms with Crippen molar-refractivity contribution in [3.8, 4) is 11.5 Å². The molecule has 0 aromatic heterocycles. The van der Waals surface area contributed by atoms with E-state index in [1.807, 2.05) is 30.3 Å². The van der Waals surface area contributed by atoms with Gasteiger partial charge < -0.3 is 25.6 Å². The molecule has 1 spiro atoms. The number of carbonyl (C=O) groups excluding carboxylic acids is 1. The van der Waals surface area contributed by atoms with E-state index < -0.39 is 29.6 Å². The molecule has 2 aliphatic rings. The van der Waals surface area contributed by atoms with Crippen molar-refractivity contribution >= 4 is 12.0 Å². The summed E-state index contributed by atoms with van der Waals surface area (Å²) in [4.78, 5) is 12.9. The molecule has 3 aromatic rings. The van der Waals surface area contributed by atoms with Gasteiger partial charge in [-0.2, -0.15) is 0 Å². The minimum atomic E-state index is -0.860. The normalized spacial score (nSPS) is 18.9. The van der Waals surface area contributed by atoms with Gasteiger partial charge in [-0.1, -0.05) is 55.5 Å². The number of halogens is 1. The van der Waals surface area contributed by atoms with E-state index in [1.54, 1.807) is 0 Å². The maximum absolute atomic E-state index is 13.7. The fourth-order valence-electron chi connectivity index (χ4n) is 5.59. The number of carbonyl (C=O) groups is 1. The van der Waals surface area contributed by atoms with Gasteiger partial charge in [-0.3, -0.25) is 4.79 Å². The summed E-state index contributed by atoms with van der Waals surface area (Å²) in [5.74, 6) is -0.678. The number of phenols is 1. The van der Waals surface area contributed by atoms with Crippen LogP contribution in [0, 0.1) is 5.82 Å². The molecule has 1 heterocycles. The predicted octanol–water partition coefficient (Wildman–Crippen LogP) is 5.23. The summed E-state index contributed by atoms with van der Waals surface area (Å²) in [5.41, 5.74) is 3.67. The highest BCUT2D eigenvalue weighted by atomic mass is 19.1. The Balaban J connectivity index is 1.29. The third kappa shape index (κ3) is 6.54. The van der Waals surface area contributed by atoms with Gasteiger partial charge in [-0.15, -0.1) is 0 Å². The number of phenolic OH excluding ortho intramolecular Hbond substituents is 1. The number of fused-ring (bicyclic) bond motifs is 1. The third-order valence-electron chi connectivity index (χ3n) is 8.09. The molecule has 7 heteroatoms. The Morgan fingerprint density at radius 3 is 2.62 bits per heavy atom. The fourth-order valence-corrected chi connectivity index (χ4v) is 5.59. The SMILES string of the molecule is CCc1ccc2c(c1)[C@@H](NC[C@@H](O)[C@H](Cc1ccccc1)NC(=O)C=Cc1ccc(O)c(F)c1)CC1(CCC1)O2. The van der Waals surface area contributed by atoms with E-state index in [0.29, 0.717) is 18.5 Å². The lowest BCUT2D eigenvalue weighted by atomic mass is 9.72. The van der Waals surface area contributed by atoms with Crippen LogP contribution in [0.5, 0.6) is 11.5 Å². The monoisotopic (exact) mass is 544 g/mol. The minimum Gasteiger partial charge on any atom is -0.505 e. The lowest BCUT2D eigenvalue weighted by molar-refractivity contribution is -0.117. The first-order valence-corrected chi connectivity index (χ1v) is 14.1. The molecule has 5 rings (SSSR count). The number of nitrogens with one attached hydrogen (secondary N) is 2. The summed E-state index contributed by atoms with van der Waals surface area (Å²) in [6.45, 7) is 2.43. The first-order chi connectivity index (χ1) is 19.3. The fraction of sp³-hybridized carbons (Fsp3) is 0.364. The molecule has 0 unspecified atom stereocenters. The lowest BCUT2D eigenvalue weighted by Gasteiger charge is -2.48. The van der Waals surface area contributed by atoms with Crippen LogP contribution in [0.3, 0.4) is 0 Å². The van der Waals surface area contributed by atoms with Crippen LogP contribution in [0.15, 0.2) is 72.8 Å². The Hall–Kier alpha value is -3.68. The number of aliphatic hydroxyl groups excluding tert-OH is 1. The van der Waals surface area contributed by atoms with E-state index >= 15 is 0 Å². The number of benzene rings is 3. The van der Waals surface area contributed by atoms with Gasteiger partial charge in [0.2, 0.25) is 5.91 Å². The van der Waals surface area contributed by atoms with Gasteiger partial charge >= 0.3 is 0 Å². The summed E-state index contributed by atoms with van der Waals surface area (Å²) >= 11 is 0. The molecular weight excluding hydrogens is 507 g/mol. The first-order valence-electron chi connectivity index (χ1n) is 14.1. The van der Waals surface area contributed by atoms with Crippen LogP contribution < -0.4 is 15.4 Å². The highest BCUT2D eigenvalue weighted by Gasteiger charge is 2.45. The summed E-state index contributed by atoms with van der Waals surface area (Å²) < 4.78 is 20.1. The molecule has 210 valence electrons. The van der Waals surface area contributed by atoms with Gasteiger partial charge in [0.25, 0.3) is 0 Å². The van der Waals surface area contributed by atoms with E-state index in [2.05, 4.69) is 35.8 Å². The van der Waals surface area contributed by atoms with Crippen molar-refractivity contribution in [2.45, 2.75) is 69.2 Å². The van der Waals surface area contributed by atoms with Crippen LogP contribution in [0.25, 0.3) is 6.08 Å². The lowest BCUT2D eigenvalue weighted by Crippen LogP contribution is -2.52. The Labute approximate surface area is 234 Å². The minimum absolute atomic E-state index is 0.0440. The summed E-state index contributed by atoms with van der Waals surface area (Å²) in [7, 11) is 0. The molecule has 6 nitrogen and oxygen atoms in total. The van der Waals surface area contributed by atoms with Crippen molar-refractivity contribution < 1.29 is 24.1 Å². The largest absolute Gasteiger partial charge is 0.505 e. The van der Waals surface area contributed by atoms with Crippen molar-refractivity contribution in [1.29, 1.82) is 0 Å². The molecule has 0 bridgehead atoms. The molecule has 1 amide bonds. The van der Waals surface area contributed by atoms with Crippen LogP contribution in [-0.2, 0) is 17.6 Å². The number of hydrogen-bond donors (Lipinski definition) is 4. The van der Waals surface area contributed by atoms with Crippen molar-refractivity contribution in [3.05, 3.63) is 101 Å². The molecule has 3 aromatic carbocycles. The zero-order chi connectivity index (χ0) is 28.1. The number of aromatic hydroxyl groups is 1. The molecule has 1 saturated carbocycles. The number of ether oxygens (including phenoxy) is 1. The van der Waals surface area contributed by atoms with Gasteiger partial charge in [-0.05, 0) is 73.1 Å². The van der Waals surface area contributed by atoms with E-state index in [0.717, 1.165) is 55.0 Å². The molecule has 3 atom stereocenters. The Kier molecular flexibility index (Phi) is 8.52. The number of amides is 1. The van der Waals surface area contributed by atoms with E-state index in [1.165, 1.54) is 29.8 Å². The molecule has 0 saturated heterocycles. The Morgan fingerprint density at radius 1 is 1.12 bits per heavy atom. The van der Waals surface area contributed by atoms with Gasteiger partial charge in [-0.25, -0.2) is 4.39 Å². The predicted molar refractivity (Wildman–Crippen MR) is 154 cm³/mol. The van der Waals surface area contributed by atoms with Crippen molar-refractivity contribution in [2.24, 2.45) is 0 Å². The molecule has 40 heavy (non-hydrogen) atoms. The highest BCUT2D eigenvalue weighted by molar-refractivity contribution is 5.92. The smallest absolute Gasteiger partial charge is 0.244 e. The molecule has 1 aliphatic carbocycles. The number of hydrogen-bond acceptors (Lipinski definition) is 5. The van der Waals surface area contributed by atoms with E-state index in [9.17, 15) is 19.4 Å². The molecule has 0 radical (unpaired) electrons. The molecule has 1 fully saturated rings. The average molecular weight is 545 g/mol. The van der Waals surface area contributed by atoms with Crippen LogP contribution in [0.2, 0.25) is 0 Å². The maximum Gasteiger partial charge on any atom is 0.244 e. The van der Waals surface area contributed by atoms with Gasteiger partial charge in [0.1, 0.15) is 11.4 Å². The zero-order valence-electron chi connectivity index (χ0n) is 22.8. The molecule has 1 aliphatic heterocycles. The van der Waals surface area contributed by atoms with Crippen LogP contribution in [0.1, 0.15) is 60.9 Å². The van der Waals surface area contributed by atoms with Crippen LogP contribution >= 0.6 is 0 Å². The van der Waals surface area contributed by atoms with E-state index in [4.69, 9.17) is 4.74 Å². The molecular formula is C33H37FN2O4. The number of rotatable bonds is 10. The van der Waals surface area contributed by atoms with Gasteiger partial charge in [0.15, 0.2) is 11.6 Å². The van der Waals surface area contributed by atoms with Crippen molar-refractivity contribution in [2.75, 3.05) is 6.54 Å². The standard InChI is InChI=1S/C33H37FN2O4/c1-2-22-10-13-31-25(17-22)28(20-33(40-31)15-6-16-33)35-21-30(38)27(19-23-7-4-3-5-8-23)36-32(39)14-11-24-9-12-29(37)26(34)18-24/h3-5,7-14,17-18,27-28,30,35,37-38H,2,6,15-16,19-21H2,1H3,(H,36,39)/t27-,28-,30+/m0/s1. The van der Waals surface area contributed by atoms with Crippen LogP contribution in [-0.4, -0.2) is 40.4 Å². The van der Waals surface area contributed by atoms with Gasteiger partial charge in [0, 0.05) is 30.6 Å². The Morgan fingerprint density at radius 2 is 1.93 bits per heavy atom. The second-order valence-corrected chi connectivity index (χ2v) is 10.9. The van der Waals surface area contributed by atoms with Gasteiger partial charge in [0.05, 0.1) is 12.1 Å². The highest BCUT2D eigenvalue weighted by Crippen LogP contribution is 2.49. The Bertz CT molecular complexity index is 1360. The first kappa shape index (κ1) is 27.9. The zero-order valence-corrected chi connectivity index (χ0v) is 22.8. The number of aliphatic hydroxyl groups is 1. The summed E-state index contributed by atoms with van der Waals surface area (Å²) in [5, 5.41) is 27.3. The van der Waals surface area contributed by atoms with E-state index in [-0.39, 0.29) is 11.6 Å². The van der Waals surface area contributed by atoms with Crippen molar-refractivity contribution in [3.63, 3.8) is 0 Å². The maximum atomic E-state index is 13.7. The van der Waals surface area contributed by atoms with Crippen LogP contribution in [0.4, 0.5) is 4.39 Å². The quantitative estimate of drug-likeness (QED) is 0.263. The second-order valence-electron chi connectivity index (χ2n) is 10.9. The topological polar surface area (TPSA) is 90.8 Å². The summed E-state index contributed by atoms with van der Waals surface area (Å²) in [6, 6.07) is 19.5. The second kappa shape index (κ2) is 12.2. The number of aryl methyl sites for hydroxylation is 1. The summed E-state index contributed by atoms with van der Waals surface area (Å²) in [6.07, 6.45) is 7.39. The van der Waals surface area contributed by atoms with Crippen molar-refractivity contribution in [1.82, 2.24) is 10.6 Å². The third-order valence-corrected chi connectivity index (χ3v) is 8.09.